The third-order valence-electron chi connectivity index (χ3n) is 6.16. The number of aromatic nitrogens is 1. The quantitative estimate of drug-likeness (QED) is 0.812. The molecule has 1 aromatic heterocycles. The van der Waals surface area contributed by atoms with Crippen LogP contribution in [0.4, 0.5) is 0 Å². The van der Waals surface area contributed by atoms with Crippen molar-refractivity contribution in [2.45, 2.75) is 35.5 Å². The second-order valence-electron chi connectivity index (χ2n) is 7.29. The van der Waals surface area contributed by atoms with Crippen LogP contribution in [-0.4, -0.2) is 23.3 Å². The number of carbonyl (C=O) groups excluding carboxylic acids is 1. The molecular weight excluding hydrogens is 354 g/mol. The Balaban J connectivity index is 1.60. The number of ether oxygens (including phenoxy) is 1. The van der Waals surface area contributed by atoms with Gasteiger partial charge in [0.1, 0.15) is 0 Å². The lowest BCUT2D eigenvalue weighted by atomic mass is 9.75. The minimum atomic E-state index is -0.310. The molecule has 2 bridgehead atoms. The lowest BCUT2D eigenvalue weighted by Crippen LogP contribution is -2.33. The highest BCUT2D eigenvalue weighted by molar-refractivity contribution is 8.00. The molecular formula is C19H19NO3S2. The molecule has 0 saturated heterocycles. The lowest BCUT2D eigenvalue weighted by molar-refractivity contribution is 0.0600. The molecule has 1 aliphatic heterocycles. The van der Waals surface area contributed by atoms with E-state index < -0.39 is 0 Å². The molecule has 2 saturated carbocycles. The summed E-state index contributed by atoms with van der Waals surface area (Å²) in [7, 11) is 1.40. The summed E-state index contributed by atoms with van der Waals surface area (Å²) in [5, 5.41) is 1.69. The first kappa shape index (κ1) is 15.7. The first-order valence-electron chi connectivity index (χ1n) is 8.73. The number of hydrogen-bond donors (Lipinski definition) is 1. The highest BCUT2D eigenvalue weighted by atomic mass is 32.2. The van der Waals surface area contributed by atoms with Crippen LogP contribution < -0.4 is 4.87 Å². The van der Waals surface area contributed by atoms with Crippen LogP contribution in [0.2, 0.25) is 0 Å². The van der Waals surface area contributed by atoms with E-state index in [2.05, 4.69) is 4.98 Å². The van der Waals surface area contributed by atoms with Crippen molar-refractivity contribution in [3.63, 3.8) is 0 Å². The van der Waals surface area contributed by atoms with Crippen molar-refractivity contribution in [3.05, 3.63) is 49.9 Å². The van der Waals surface area contributed by atoms with Gasteiger partial charge in [-0.05, 0) is 54.7 Å². The summed E-state index contributed by atoms with van der Waals surface area (Å²) in [5.74, 6) is 2.11. The number of rotatable bonds is 2. The van der Waals surface area contributed by atoms with Gasteiger partial charge in [0.05, 0.1) is 17.7 Å². The molecule has 2 aromatic rings. The second-order valence-corrected chi connectivity index (χ2v) is 9.50. The number of H-pyrrole nitrogens is 1. The second kappa shape index (κ2) is 5.74. The van der Waals surface area contributed by atoms with Gasteiger partial charge in [0.15, 0.2) is 0 Å². The van der Waals surface area contributed by atoms with Crippen LogP contribution in [0, 0.1) is 17.8 Å². The van der Waals surface area contributed by atoms with Crippen LogP contribution >= 0.6 is 23.1 Å². The fourth-order valence-electron chi connectivity index (χ4n) is 5.17. The zero-order valence-electron chi connectivity index (χ0n) is 13.9. The Kier molecular flexibility index (Phi) is 3.61. The minimum absolute atomic E-state index is 0.0426. The van der Waals surface area contributed by atoms with Gasteiger partial charge in [-0.2, -0.15) is 0 Å². The van der Waals surface area contributed by atoms with Crippen LogP contribution in [0.1, 0.15) is 46.0 Å². The number of esters is 1. The third-order valence-corrected chi connectivity index (χ3v) is 8.78. The van der Waals surface area contributed by atoms with Crippen molar-refractivity contribution >= 4 is 29.1 Å². The van der Waals surface area contributed by atoms with Crippen LogP contribution in [0.5, 0.6) is 0 Å². The van der Waals surface area contributed by atoms with Gasteiger partial charge in [0, 0.05) is 16.0 Å². The van der Waals surface area contributed by atoms with Gasteiger partial charge in [0.25, 0.3) is 0 Å². The molecule has 2 heterocycles. The molecule has 0 spiro atoms. The molecule has 5 atom stereocenters. The molecule has 25 heavy (non-hydrogen) atoms. The summed E-state index contributed by atoms with van der Waals surface area (Å²) in [5.41, 5.74) is 1.79. The van der Waals surface area contributed by atoms with Crippen LogP contribution in [0.25, 0.3) is 0 Å². The molecule has 1 aromatic carbocycles. The largest absolute Gasteiger partial charge is 0.465 e. The molecule has 4 nitrogen and oxygen atoms in total. The smallest absolute Gasteiger partial charge is 0.337 e. The van der Waals surface area contributed by atoms with Gasteiger partial charge in [-0.15, -0.1) is 11.8 Å². The molecule has 2 fully saturated rings. The Hall–Kier alpha value is -1.53. The van der Waals surface area contributed by atoms with Crippen molar-refractivity contribution in [1.29, 1.82) is 0 Å². The van der Waals surface area contributed by atoms with Gasteiger partial charge in [0.2, 0.25) is 0 Å². The Morgan fingerprint density at radius 3 is 2.72 bits per heavy atom. The van der Waals surface area contributed by atoms with Crippen molar-refractivity contribution in [2.24, 2.45) is 17.8 Å². The molecule has 0 radical (unpaired) electrons. The van der Waals surface area contributed by atoms with E-state index in [9.17, 15) is 9.59 Å². The summed E-state index contributed by atoms with van der Waals surface area (Å²) in [6, 6.07) is 7.79. The minimum Gasteiger partial charge on any atom is -0.465 e. The van der Waals surface area contributed by atoms with Crippen molar-refractivity contribution in [3.8, 4) is 0 Å². The number of methoxy groups -OCH3 is 1. The Morgan fingerprint density at radius 1 is 1.20 bits per heavy atom. The first-order chi connectivity index (χ1) is 12.2. The zero-order valence-corrected chi connectivity index (χ0v) is 15.5. The van der Waals surface area contributed by atoms with Gasteiger partial charge < -0.3 is 9.72 Å². The molecule has 5 rings (SSSR count). The molecule has 130 valence electrons. The Morgan fingerprint density at radius 2 is 1.96 bits per heavy atom. The van der Waals surface area contributed by atoms with Gasteiger partial charge in [-0.1, -0.05) is 23.5 Å². The average Bonchev–Trinajstić information content (AvgIpc) is 3.33. The molecule has 2 aliphatic carbocycles. The fourth-order valence-corrected chi connectivity index (χ4v) is 8.06. The van der Waals surface area contributed by atoms with E-state index in [-0.39, 0.29) is 16.8 Å². The lowest BCUT2D eigenvalue weighted by Gasteiger charge is -2.40. The topological polar surface area (TPSA) is 59.2 Å². The predicted molar refractivity (Wildman–Crippen MR) is 98.5 cm³/mol. The van der Waals surface area contributed by atoms with E-state index in [0.29, 0.717) is 16.7 Å². The fraction of sp³-hybridized carbons (Fsp3) is 0.474. The zero-order chi connectivity index (χ0) is 17.1. The Bertz CT molecular complexity index is 885. The van der Waals surface area contributed by atoms with Crippen molar-refractivity contribution in [2.75, 3.05) is 7.11 Å². The highest BCUT2D eigenvalue weighted by Gasteiger charge is 2.54. The van der Waals surface area contributed by atoms with E-state index in [1.54, 1.807) is 0 Å². The van der Waals surface area contributed by atoms with Crippen LogP contribution in [0.3, 0.4) is 0 Å². The normalized spacial score (nSPS) is 32.3. The molecule has 6 heteroatoms. The van der Waals surface area contributed by atoms with Crippen molar-refractivity contribution in [1.82, 2.24) is 4.98 Å². The third kappa shape index (κ3) is 2.34. The van der Waals surface area contributed by atoms with Crippen molar-refractivity contribution < 1.29 is 9.53 Å². The number of nitrogens with one attached hydrogen (secondary N) is 1. The first-order valence-corrected chi connectivity index (χ1v) is 10.4. The predicted octanol–water partition coefficient (Wildman–Crippen LogP) is 3.88. The maximum absolute atomic E-state index is 12.0. The van der Waals surface area contributed by atoms with E-state index in [1.165, 1.54) is 48.1 Å². The number of hydrogen-bond acceptors (Lipinski definition) is 5. The molecule has 0 amide bonds. The number of thiazole rings is 1. The number of carbonyl (C=O) groups is 1. The summed E-state index contributed by atoms with van der Waals surface area (Å²) in [6.45, 7) is 0. The number of fused-ring (bicyclic) bond motifs is 6. The number of aromatic amines is 1. The van der Waals surface area contributed by atoms with Gasteiger partial charge >= 0.3 is 10.8 Å². The SMILES string of the molecule is COC(=O)c1ccc([C@H]2c3sc(=O)[nH]c3S[C@H]3[C@@H]4CC[C@@H](C4)[C@H]23)cc1. The number of benzene rings is 1. The summed E-state index contributed by atoms with van der Waals surface area (Å²) in [6.07, 6.45) is 3.98. The average molecular weight is 373 g/mol. The number of thioether (sulfide) groups is 1. The molecule has 3 aliphatic rings. The summed E-state index contributed by atoms with van der Waals surface area (Å²) < 4.78 is 4.80. The van der Waals surface area contributed by atoms with Crippen LogP contribution in [-0.2, 0) is 4.74 Å². The van der Waals surface area contributed by atoms with E-state index in [4.69, 9.17) is 4.74 Å². The maximum Gasteiger partial charge on any atom is 0.337 e. The van der Waals surface area contributed by atoms with E-state index in [0.717, 1.165) is 16.9 Å². The monoisotopic (exact) mass is 373 g/mol. The molecule has 0 unspecified atom stereocenters. The van der Waals surface area contributed by atoms with Gasteiger partial charge in [-0.3, -0.25) is 4.79 Å². The maximum atomic E-state index is 12.0. The van der Waals surface area contributed by atoms with E-state index >= 15 is 0 Å². The standard InChI is InChI=1S/C19H19NO3S2/c1-23-18(21)10-4-2-9(3-5-10)13-14-11-6-7-12(8-11)15(14)24-17-16(13)25-19(22)20-17/h2-5,11-15H,6-8H2,1H3,(H,20,22)/t11-,12+,13+,14+,15-/m0/s1. The van der Waals surface area contributed by atoms with Crippen LogP contribution in [0.15, 0.2) is 34.1 Å². The molecule has 1 N–H and O–H groups in total. The highest BCUT2D eigenvalue weighted by Crippen LogP contribution is 2.63. The summed E-state index contributed by atoms with van der Waals surface area (Å²) >= 11 is 3.26. The Labute approximate surface area is 154 Å². The summed E-state index contributed by atoms with van der Waals surface area (Å²) in [4.78, 5) is 28.0. The van der Waals surface area contributed by atoms with Gasteiger partial charge in [-0.25, -0.2) is 4.79 Å². The van der Waals surface area contributed by atoms with E-state index in [1.807, 2.05) is 36.0 Å².